The molecule has 0 aliphatic carbocycles. The Bertz CT molecular complexity index is 608. The van der Waals surface area contributed by atoms with Crippen LogP contribution in [0.1, 0.15) is 22.8 Å². The maximum absolute atomic E-state index is 12.4. The monoisotopic (exact) mass is 380 g/mol. The van der Waals surface area contributed by atoms with E-state index >= 15 is 0 Å². The number of aryl methyl sites for hydroxylation is 1. The van der Waals surface area contributed by atoms with E-state index in [0.29, 0.717) is 5.56 Å². The van der Waals surface area contributed by atoms with Crippen LogP contribution in [-0.2, 0) is 0 Å². The second kappa shape index (κ2) is 6.74. The second-order valence-corrected chi connectivity index (χ2v) is 5.79. The van der Waals surface area contributed by atoms with E-state index in [2.05, 4.69) is 33.2 Å². The fraction of sp³-hybridized carbons (Fsp3) is 0.188. The molecule has 0 saturated heterocycles. The van der Waals surface area contributed by atoms with Crippen molar-refractivity contribution < 1.29 is 4.79 Å². The van der Waals surface area contributed by atoms with Crippen LogP contribution in [0.5, 0.6) is 0 Å². The van der Waals surface area contributed by atoms with E-state index in [1.54, 1.807) is 0 Å². The normalized spacial score (nSPS) is 10.2. The summed E-state index contributed by atoms with van der Waals surface area (Å²) >= 11 is 2.24. The number of halogens is 1. The van der Waals surface area contributed by atoms with Crippen molar-refractivity contribution in [3.8, 4) is 0 Å². The van der Waals surface area contributed by atoms with E-state index in [-0.39, 0.29) is 5.91 Å². The Morgan fingerprint density at radius 2 is 1.85 bits per heavy atom. The molecule has 104 valence electrons. The van der Waals surface area contributed by atoms with E-state index in [0.717, 1.165) is 27.1 Å². The van der Waals surface area contributed by atoms with Crippen molar-refractivity contribution in [2.45, 2.75) is 13.8 Å². The van der Waals surface area contributed by atoms with Crippen LogP contribution in [0.2, 0.25) is 0 Å². The summed E-state index contributed by atoms with van der Waals surface area (Å²) in [6.45, 7) is 4.78. The maximum atomic E-state index is 12.4. The molecule has 0 aromatic heterocycles. The highest BCUT2D eigenvalue weighted by Gasteiger charge is 2.11. The number of hydrogen-bond acceptors (Lipinski definition) is 2. The van der Waals surface area contributed by atoms with Gasteiger partial charge in [0.05, 0.1) is 5.56 Å². The number of amides is 1. The van der Waals surface area contributed by atoms with Gasteiger partial charge in [0.15, 0.2) is 0 Å². The first kappa shape index (κ1) is 14.8. The van der Waals surface area contributed by atoms with Gasteiger partial charge < -0.3 is 10.6 Å². The van der Waals surface area contributed by atoms with Gasteiger partial charge in [0, 0.05) is 21.5 Å². The van der Waals surface area contributed by atoms with Crippen molar-refractivity contribution in [2.75, 3.05) is 17.2 Å². The average molecular weight is 380 g/mol. The highest BCUT2D eigenvalue weighted by molar-refractivity contribution is 14.1. The summed E-state index contributed by atoms with van der Waals surface area (Å²) in [6.07, 6.45) is 0. The van der Waals surface area contributed by atoms with Crippen LogP contribution in [0, 0.1) is 10.5 Å². The van der Waals surface area contributed by atoms with Crippen molar-refractivity contribution in [1.29, 1.82) is 0 Å². The lowest BCUT2D eigenvalue weighted by molar-refractivity contribution is 0.102. The molecule has 0 aliphatic heterocycles. The Kier molecular flexibility index (Phi) is 5.00. The molecule has 2 aromatic carbocycles. The average Bonchev–Trinajstić information content (AvgIpc) is 2.43. The van der Waals surface area contributed by atoms with Gasteiger partial charge in [-0.3, -0.25) is 4.79 Å². The molecule has 0 atom stereocenters. The van der Waals surface area contributed by atoms with Crippen LogP contribution in [0.15, 0.2) is 42.5 Å². The molecule has 20 heavy (non-hydrogen) atoms. The third-order valence-corrected chi connectivity index (χ3v) is 3.61. The molecule has 2 N–H and O–H groups in total. The van der Waals surface area contributed by atoms with Gasteiger partial charge in [0.1, 0.15) is 0 Å². The number of hydrogen-bond donors (Lipinski definition) is 2. The fourth-order valence-corrected chi connectivity index (χ4v) is 2.28. The van der Waals surface area contributed by atoms with Crippen molar-refractivity contribution in [1.82, 2.24) is 0 Å². The summed E-state index contributed by atoms with van der Waals surface area (Å²) in [5.41, 5.74) is 3.41. The van der Waals surface area contributed by atoms with Crippen LogP contribution < -0.4 is 10.6 Å². The molecule has 1 amide bonds. The molecule has 0 radical (unpaired) electrons. The van der Waals surface area contributed by atoms with Crippen molar-refractivity contribution in [3.05, 3.63) is 57.2 Å². The van der Waals surface area contributed by atoms with Gasteiger partial charge in [-0.2, -0.15) is 0 Å². The van der Waals surface area contributed by atoms with Crippen LogP contribution in [0.4, 0.5) is 11.4 Å². The van der Waals surface area contributed by atoms with Crippen LogP contribution in [0.3, 0.4) is 0 Å². The van der Waals surface area contributed by atoms with Gasteiger partial charge in [-0.1, -0.05) is 11.6 Å². The summed E-state index contributed by atoms with van der Waals surface area (Å²) in [5.74, 6) is -0.0918. The molecule has 2 rings (SSSR count). The van der Waals surface area contributed by atoms with Gasteiger partial charge in [-0.15, -0.1) is 0 Å². The third kappa shape index (κ3) is 3.72. The van der Waals surface area contributed by atoms with E-state index < -0.39 is 0 Å². The van der Waals surface area contributed by atoms with E-state index in [1.165, 1.54) is 0 Å². The van der Waals surface area contributed by atoms with Crippen molar-refractivity contribution in [3.63, 3.8) is 0 Å². The minimum atomic E-state index is -0.0918. The standard InChI is InChI=1S/C16H17IN2O/c1-3-18-15-9-4-11(2)10-14(15)16(20)19-13-7-5-12(17)6-8-13/h4-10,18H,3H2,1-2H3,(H,19,20). The van der Waals surface area contributed by atoms with Gasteiger partial charge >= 0.3 is 0 Å². The number of benzene rings is 2. The first-order chi connectivity index (χ1) is 9.60. The first-order valence-corrected chi connectivity index (χ1v) is 7.59. The molecule has 0 aliphatic rings. The zero-order valence-corrected chi connectivity index (χ0v) is 13.7. The lowest BCUT2D eigenvalue weighted by Gasteiger charge is -2.12. The predicted octanol–water partition coefficient (Wildman–Crippen LogP) is 4.28. The highest BCUT2D eigenvalue weighted by atomic mass is 127. The topological polar surface area (TPSA) is 41.1 Å². The Labute approximate surface area is 132 Å². The molecule has 0 spiro atoms. The number of rotatable bonds is 4. The smallest absolute Gasteiger partial charge is 0.257 e. The highest BCUT2D eigenvalue weighted by Crippen LogP contribution is 2.19. The summed E-state index contributed by atoms with van der Waals surface area (Å²) in [6, 6.07) is 13.6. The Balaban J connectivity index is 2.23. The summed E-state index contributed by atoms with van der Waals surface area (Å²) < 4.78 is 1.14. The molecular weight excluding hydrogens is 363 g/mol. The SMILES string of the molecule is CCNc1ccc(C)cc1C(=O)Nc1ccc(I)cc1. The van der Waals surface area contributed by atoms with Gasteiger partial charge in [0.2, 0.25) is 0 Å². The Morgan fingerprint density at radius 3 is 2.50 bits per heavy atom. The van der Waals surface area contributed by atoms with E-state index in [9.17, 15) is 4.79 Å². The zero-order valence-electron chi connectivity index (χ0n) is 11.5. The van der Waals surface area contributed by atoms with Crippen LogP contribution in [-0.4, -0.2) is 12.5 Å². The Hall–Kier alpha value is -1.56. The molecule has 0 unspecified atom stereocenters. The number of carbonyl (C=O) groups excluding carboxylic acids is 1. The van der Waals surface area contributed by atoms with Crippen LogP contribution >= 0.6 is 22.6 Å². The fourth-order valence-electron chi connectivity index (χ4n) is 1.92. The largest absolute Gasteiger partial charge is 0.385 e. The molecule has 0 heterocycles. The molecule has 0 bridgehead atoms. The molecule has 4 heteroatoms. The van der Waals surface area contributed by atoms with Crippen LogP contribution in [0.25, 0.3) is 0 Å². The van der Waals surface area contributed by atoms with Crippen molar-refractivity contribution in [2.24, 2.45) is 0 Å². The molecular formula is C16H17IN2O. The minimum Gasteiger partial charge on any atom is -0.385 e. The minimum absolute atomic E-state index is 0.0918. The molecule has 3 nitrogen and oxygen atoms in total. The third-order valence-electron chi connectivity index (χ3n) is 2.89. The Morgan fingerprint density at radius 1 is 1.15 bits per heavy atom. The lowest BCUT2D eigenvalue weighted by Crippen LogP contribution is -2.15. The first-order valence-electron chi connectivity index (χ1n) is 6.51. The van der Waals surface area contributed by atoms with E-state index in [1.807, 2.05) is 56.3 Å². The lowest BCUT2D eigenvalue weighted by atomic mass is 10.1. The van der Waals surface area contributed by atoms with E-state index in [4.69, 9.17) is 0 Å². The summed E-state index contributed by atoms with van der Waals surface area (Å²) in [4.78, 5) is 12.4. The second-order valence-electron chi connectivity index (χ2n) is 4.54. The molecule has 2 aromatic rings. The number of anilines is 2. The maximum Gasteiger partial charge on any atom is 0.257 e. The molecule has 0 saturated carbocycles. The van der Waals surface area contributed by atoms with Gasteiger partial charge in [-0.05, 0) is 72.8 Å². The summed E-state index contributed by atoms with van der Waals surface area (Å²) in [5, 5.41) is 6.15. The quantitative estimate of drug-likeness (QED) is 0.778. The van der Waals surface area contributed by atoms with Crippen molar-refractivity contribution >= 4 is 39.9 Å². The predicted molar refractivity (Wildman–Crippen MR) is 92.5 cm³/mol. The number of carbonyl (C=O) groups is 1. The zero-order chi connectivity index (χ0) is 14.5. The number of nitrogens with one attached hydrogen (secondary N) is 2. The van der Waals surface area contributed by atoms with Gasteiger partial charge in [0.25, 0.3) is 5.91 Å². The van der Waals surface area contributed by atoms with Gasteiger partial charge in [-0.25, -0.2) is 0 Å². The molecule has 0 fully saturated rings. The summed E-state index contributed by atoms with van der Waals surface area (Å²) in [7, 11) is 0.